The SMILES string of the molecule is O=C(c1ccsc1)N1CCO[C@@H](Cn2nnc3c(N4CCCC4)ncnc32)C1. The summed E-state index contributed by atoms with van der Waals surface area (Å²) in [6.45, 7) is 4.13. The number of carbonyl (C=O) groups excluding carboxylic acids is 1. The van der Waals surface area contributed by atoms with Gasteiger partial charge in [0.25, 0.3) is 5.91 Å². The molecule has 2 aliphatic heterocycles. The average Bonchev–Trinajstić information content (AvgIpc) is 3.49. The summed E-state index contributed by atoms with van der Waals surface area (Å²) in [7, 11) is 0. The first-order valence-corrected chi connectivity index (χ1v) is 10.5. The molecule has 0 unspecified atom stereocenters. The van der Waals surface area contributed by atoms with Crippen LogP contribution in [0.4, 0.5) is 5.82 Å². The van der Waals surface area contributed by atoms with E-state index in [0.717, 1.165) is 30.0 Å². The quantitative estimate of drug-likeness (QED) is 0.655. The average molecular weight is 399 g/mol. The molecule has 0 saturated carbocycles. The van der Waals surface area contributed by atoms with E-state index in [2.05, 4.69) is 25.2 Å². The fourth-order valence-electron chi connectivity index (χ4n) is 3.84. The van der Waals surface area contributed by atoms with E-state index in [1.54, 1.807) is 11.0 Å². The molecule has 2 saturated heterocycles. The second kappa shape index (κ2) is 7.44. The number of hydrogen-bond acceptors (Lipinski definition) is 8. The molecule has 5 heterocycles. The Morgan fingerprint density at radius 3 is 2.96 bits per heavy atom. The fraction of sp³-hybridized carbons (Fsp3) is 0.500. The van der Waals surface area contributed by atoms with Gasteiger partial charge in [-0.25, -0.2) is 14.6 Å². The minimum absolute atomic E-state index is 0.0524. The Balaban J connectivity index is 1.34. The molecule has 1 atom stereocenters. The van der Waals surface area contributed by atoms with Crippen LogP contribution in [0.1, 0.15) is 23.2 Å². The maximum absolute atomic E-state index is 12.6. The van der Waals surface area contributed by atoms with Gasteiger partial charge in [-0.1, -0.05) is 5.21 Å². The Morgan fingerprint density at radius 1 is 1.25 bits per heavy atom. The zero-order chi connectivity index (χ0) is 18.9. The van der Waals surface area contributed by atoms with Crippen molar-refractivity contribution in [2.75, 3.05) is 37.7 Å². The van der Waals surface area contributed by atoms with Crippen molar-refractivity contribution >= 4 is 34.2 Å². The maximum Gasteiger partial charge on any atom is 0.254 e. The van der Waals surface area contributed by atoms with Crippen molar-refractivity contribution in [1.82, 2.24) is 29.9 Å². The fourth-order valence-corrected chi connectivity index (χ4v) is 4.47. The van der Waals surface area contributed by atoms with Crippen molar-refractivity contribution < 1.29 is 9.53 Å². The minimum atomic E-state index is -0.147. The lowest BCUT2D eigenvalue weighted by Crippen LogP contribution is -2.47. The molecule has 146 valence electrons. The van der Waals surface area contributed by atoms with E-state index >= 15 is 0 Å². The Bertz CT molecular complexity index is 968. The normalized spacial score (nSPS) is 20.2. The molecule has 0 bridgehead atoms. The van der Waals surface area contributed by atoms with Crippen LogP contribution in [-0.2, 0) is 11.3 Å². The maximum atomic E-state index is 12.6. The summed E-state index contributed by atoms with van der Waals surface area (Å²) in [5.41, 5.74) is 2.17. The predicted molar refractivity (Wildman–Crippen MR) is 105 cm³/mol. The number of ether oxygens (including phenoxy) is 1. The van der Waals surface area contributed by atoms with Gasteiger partial charge in [0, 0.05) is 31.6 Å². The minimum Gasteiger partial charge on any atom is -0.373 e. The summed E-state index contributed by atoms with van der Waals surface area (Å²) < 4.78 is 7.66. The number of anilines is 1. The number of hydrogen-bond donors (Lipinski definition) is 0. The van der Waals surface area contributed by atoms with Crippen molar-refractivity contribution in [1.29, 1.82) is 0 Å². The van der Waals surface area contributed by atoms with E-state index in [-0.39, 0.29) is 12.0 Å². The number of morpholine rings is 1. The molecule has 1 amide bonds. The van der Waals surface area contributed by atoms with Gasteiger partial charge in [0.15, 0.2) is 17.0 Å². The van der Waals surface area contributed by atoms with Gasteiger partial charge in [-0.3, -0.25) is 4.79 Å². The second-order valence-corrected chi connectivity index (χ2v) is 7.87. The summed E-state index contributed by atoms with van der Waals surface area (Å²) in [5, 5.41) is 12.4. The van der Waals surface area contributed by atoms with Crippen LogP contribution >= 0.6 is 11.3 Å². The smallest absolute Gasteiger partial charge is 0.254 e. The molecule has 0 radical (unpaired) electrons. The lowest BCUT2D eigenvalue weighted by molar-refractivity contribution is -0.0297. The zero-order valence-corrected chi connectivity index (χ0v) is 16.2. The molecule has 0 N–H and O–H groups in total. The molecular weight excluding hydrogens is 378 g/mol. The summed E-state index contributed by atoms with van der Waals surface area (Å²) in [4.78, 5) is 25.5. The number of aromatic nitrogens is 5. The monoisotopic (exact) mass is 399 g/mol. The molecule has 2 aliphatic rings. The highest BCUT2D eigenvalue weighted by Crippen LogP contribution is 2.24. The number of thiophene rings is 1. The van der Waals surface area contributed by atoms with Gasteiger partial charge in [-0.15, -0.1) is 5.10 Å². The summed E-state index contributed by atoms with van der Waals surface area (Å²) in [6.07, 6.45) is 3.77. The molecule has 0 aromatic carbocycles. The van der Waals surface area contributed by atoms with Gasteiger partial charge < -0.3 is 14.5 Å². The van der Waals surface area contributed by atoms with E-state index < -0.39 is 0 Å². The Hall–Kier alpha value is -2.59. The van der Waals surface area contributed by atoms with Crippen LogP contribution in [0.5, 0.6) is 0 Å². The first-order chi connectivity index (χ1) is 13.8. The van der Waals surface area contributed by atoms with Gasteiger partial charge in [-0.2, -0.15) is 11.3 Å². The summed E-state index contributed by atoms with van der Waals surface area (Å²) >= 11 is 1.53. The molecule has 5 rings (SSSR count). The molecular formula is C18H21N7O2S. The third-order valence-corrected chi connectivity index (χ3v) is 5.94. The Labute approximate surface area is 165 Å². The topological polar surface area (TPSA) is 89.3 Å². The van der Waals surface area contributed by atoms with Crippen molar-refractivity contribution in [2.24, 2.45) is 0 Å². The molecule has 0 spiro atoms. The van der Waals surface area contributed by atoms with Crippen LogP contribution < -0.4 is 4.90 Å². The van der Waals surface area contributed by atoms with E-state index in [0.29, 0.717) is 31.9 Å². The number of amides is 1. The third-order valence-electron chi connectivity index (χ3n) is 5.26. The molecule has 9 nitrogen and oxygen atoms in total. The number of carbonyl (C=O) groups is 1. The van der Waals surface area contributed by atoms with Crippen molar-refractivity contribution in [3.8, 4) is 0 Å². The van der Waals surface area contributed by atoms with E-state index in [4.69, 9.17) is 4.74 Å². The van der Waals surface area contributed by atoms with Crippen LogP contribution in [0.3, 0.4) is 0 Å². The first-order valence-electron chi connectivity index (χ1n) is 9.52. The van der Waals surface area contributed by atoms with Crippen LogP contribution in [0, 0.1) is 0 Å². The van der Waals surface area contributed by atoms with Crippen LogP contribution in [0.2, 0.25) is 0 Å². The highest BCUT2D eigenvalue weighted by Gasteiger charge is 2.27. The molecule has 3 aromatic rings. The van der Waals surface area contributed by atoms with E-state index in [1.165, 1.54) is 24.2 Å². The Morgan fingerprint density at radius 2 is 2.14 bits per heavy atom. The van der Waals surface area contributed by atoms with Crippen molar-refractivity contribution in [3.63, 3.8) is 0 Å². The van der Waals surface area contributed by atoms with Gasteiger partial charge in [-0.05, 0) is 24.3 Å². The van der Waals surface area contributed by atoms with Crippen molar-refractivity contribution in [3.05, 3.63) is 28.7 Å². The predicted octanol–water partition coefficient (Wildman–Crippen LogP) is 1.42. The standard InChI is InChI=1S/C18H21N7O2S/c26-18(13-3-8-28-11-13)24-6-7-27-14(9-24)10-25-17-15(21-22-25)16(19-12-20-17)23-4-1-2-5-23/h3,8,11-12,14H,1-2,4-7,9-10H2/t14-/m1/s1. The van der Waals surface area contributed by atoms with Crippen molar-refractivity contribution in [2.45, 2.75) is 25.5 Å². The van der Waals surface area contributed by atoms with Gasteiger partial charge in [0.2, 0.25) is 0 Å². The molecule has 3 aromatic heterocycles. The van der Waals surface area contributed by atoms with Gasteiger partial charge in [0.1, 0.15) is 6.33 Å². The first kappa shape index (κ1) is 17.5. The highest BCUT2D eigenvalue weighted by atomic mass is 32.1. The van der Waals surface area contributed by atoms with Crippen LogP contribution in [-0.4, -0.2) is 74.7 Å². The number of rotatable bonds is 4. The molecule has 28 heavy (non-hydrogen) atoms. The largest absolute Gasteiger partial charge is 0.373 e. The Kier molecular flexibility index (Phi) is 4.65. The summed E-state index contributed by atoms with van der Waals surface area (Å²) in [5.74, 6) is 0.907. The lowest BCUT2D eigenvalue weighted by atomic mass is 10.2. The molecule has 0 aliphatic carbocycles. The lowest BCUT2D eigenvalue weighted by Gasteiger charge is -2.32. The molecule has 2 fully saturated rings. The second-order valence-electron chi connectivity index (χ2n) is 7.09. The highest BCUT2D eigenvalue weighted by molar-refractivity contribution is 7.08. The third kappa shape index (κ3) is 3.22. The van der Waals surface area contributed by atoms with Gasteiger partial charge in [0.05, 0.1) is 24.8 Å². The number of nitrogens with zero attached hydrogens (tertiary/aromatic N) is 7. The molecule has 10 heteroatoms. The van der Waals surface area contributed by atoms with E-state index in [9.17, 15) is 4.79 Å². The van der Waals surface area contributed by atoms with Crippen LogP contribution in [0.15, 0.2) is 23.2 Å². The van der Waals surface area contributed by atoms with Crippen LogP contribution in [0.25, 0.3) is 11.2 Å². The van der Waals surface area contributed by atoms with Gasteiger partial charge >= 0.3 is 0 Å². The zero-order valence-electron chi connectivity index (χ0n) is 15.4. The number of fused-ring (bicyclic) bond motifs is 1. The van der Waals surface area contributed by atoms with E-state index in [1.807, 2.05) is 21.7 Å². The summed E-state index contributed by atoms with van der Waals surface area (Å²) in [6, 6.07) is 1.86.